The number of carboxylic acid groups (broad SMARTS) is 1. The van der Waals surface area contributed by atoms with Gasteiger partial charge >= 0.3 is 5.97 Å². The van der Waals surface area contributed by atoms with Gasteiger partial charge in [-0.25, -0.2) is 4.79 Å². The van der Waals surface area contributed by atoms with E-state index in [0.29, 0.717) is 18.3 Å². The Morgan fingerprint density at radius 1 is 1.61 bits per heavy atom. The molecule has 5 heteroatoms. The summed E-state index contributed by atoms with van der Waals surface area (Å²) in [6, 6.07) is 2.97. The van der Waals surface area contributed by atoms with Crippen molar-refractivity contribution in [3.8, 4) is 0 Å². The van der Waals surface area contributed by atoms with Crippen molar-refractivity contribution in [3.63, 3.8) is 0 Å². The molecule has 0 radical (unpaired) electrons. The van der Waals surface area contributed by atoms with E-state index in [-0.39, 0.29) is 5.76 Å². The van der Waals surface area contributed by atoms with Crippen LogP contribution in [0.1, 0.15) is 43.2 Å². The van der Waals surface area contributed by atoms with Gasteiger partial charge in [-0.3, -0.25) is 0 Å². The van der Waals surface area contributed by atoms with Crippen molar-refractivity contribution < 1.29 is 19.4 Å². The minimum Gasteiger partial charge on any atom is -0.475 e. The summed E-state index contributed by atoms with van der Waals surface area (Å²) in [5.41, 5.74) is -0.714. The van der Waals surface area contributed by atoms with Gasteiger partial charge in [0.25, 0.3) is 0 Å². The van der Waals surface area contributed by atoms with E-state index in [9.17, 15) is 9.90 Å². The molecular weight excluding hydrogens is 234 g/mol. The molecule has 0 amide bonds. The van der Waals surface area contributed by atoms with Crippen molar-refractivity contribution in [3.05, 3.63) is 17.9 Å². The first-order valence-corrected chi connectivity index (χ1v) is 6.28. The second kappa shape index (κ2) is 5.02. The molecular formula is C13H19NO4. The van der Waals surface area contributed by atoms with Crippen LogP contribution >= 0.6 is 0 Å². The predicted molar refractivity (Wildman–Crippen MR) is 66.7 cm³/mol. The fourth-order valence-corrected chi connectivity index (χ4v) is 2.59. The van der Waals surface area contributed by atoms with E-state index in [1.807, 2.05) is 0 Å². The van der Waals surface area contributed by atoms with Gasteiger partial charge in [-0.15, -0.1) is 0 Å². The lowest BCUT2D eigenvalue weighted by Gasteiger charge is -2.35. The molecule has 18 heavy (non-hydrogen) atoms. The van der Waals surface area contributed by atoms with E-state index in [2.05, 4.69) is 12.2 Å². The van der Waals surface area contributed by atoms with Crippen LogP contribution in [0, 0.1) is 5.92 Å². The summed E-state index contributed by atoms with van der Waals surface area (Å²) in [4.78, 5) is 10.7. The second-order valence-electron chi connectivity index (χ2n) is 5.25. The topological polar surface area (TPSA) is 82.7 Å². The Kier molecular flexibility index (Phi) is 3.61. The Morgan fingerprint density at radius 2 is 2.39 bits per heavy atom. The number of furan rings is 1. The third kappa shape index (κ3) is 3.04. The molecule has 2 unspecified atom stereocenters. The normalized spacial score (nSPS) is 28.0. The van der Waals surface area contributed by atoms with Crippen LogP contribution in [0.5, 0.6) is 0 Å². The molecule has 0 spiro atoms. The Morgan fingerprint density at radius 3 is 3.00 bits per heavy atom. The highest BCUT2D eigenvalue weighted by Crippen LogP contribution is 2.32. The first-order valence-electron chi connectivity index (χ1n) is 6.28. The van der Waals surface area contributed by atoms with Crippen LogP contribution in [0.2, 0.25) is 0 Å². The number of anilines is 1. The molecule has 1 fully saturated rings. The van der Waals surface area contributed by atoms with Gasteiger partial charge in [-0.05, 0) is 24.8 Å². The van der Waals surface area contributed by atoms with Crippen molar-refractivity contribution in [2.75, 3.05) is 11.9 Å². The number of carbonyl (C=O) groups is 1. The van der Waals surface area contributed by atoms with Crippen molar-refractivity contribution >= 4 is 11.9 Å². The highest BCUT2D eigenvalue weighted by atomic mass is 16.4. The zero-order valence-electron chi connectivity index (χ0n) is 10.5. The van der Waals surface area contributed by atoms with Crippen LogP contribution in [0.4, 0.5) is 5.88 Å². The van der Waals surface area contributed by atoms with Gasteiger partial charge in [0.15, 0.2) is 5.88 Å². The van der Waals surface area contributed by atoms with Crippen LogP contribution in [-0.2, 0) is 0 Å². The SMILES string of the molecule is CC1CCCC(O)(CNc2ccc(C(=O)O)o2)C1. The Balaban J connectivity index is 1.91. The van der Waals surface area contributed by atoms with Gasteiger partial charge in [0.1, 0.15) is 0 Å². The fourth-order valence-electron chi connectivity index (χ4n) is 2.59. The van der Waals surface area contributed by atoms with E-state index in [1.165, 1.54) is 6.07 Å². The Hall–Kier alpha value is -1.49. The molecule has 0 aromatic carbocycles. The Bertz CT molecular complexity index is 428. The summed E-state index contributed by atoms with van der Waals surface area (Å²) in [5.74, 6) is -0.273. The number of carboxylic acids is 1. The summed E-state index contributed by atoms with van der Waals surface area (Å²) in [5, 5.41) is 22.1. The summed E-state index contributed by atoms with van der Waals surface area (Å²) in [7, 11) is 0. The number of hydrogen-bond donors (Lipinski definition) is 3. The van der Waals surface area contributed by atoms with Crippen LogP contribution < -0.4 is 5.32 Å². The number of aromatic carboxylic acids is 1. The zero-order chi connectivity index (χ0) is 13.2. The van der Waals surface area contributed by atoms with E-state index < -0.39 is 11.6 Å². The van der Waals surface area contributed by atoms with Crippen LogP contribution in [0.15, 0.2) is 16.5 Å². The molecule has 5 nitrogen and oxygen atoms in total. The third-order valence-corrected chi connectivity index (χ3v) is 3.48. The molecule has 1 aliphatic rings. The maximum absolute atomic E-state index is 10.7. The molecule has 1 aromatic heterocycles. The standard InChI is InChI=1S/C13H19NO4/c1-9-3-2-6-13(17,7-9)8-14-11-5-4-10(18-11)12(15)16/h4-5,9,14,17H,2-3,6-8H2,1H3,(H,15,16). The van der Waals surface area contributed by atoms with E-state index in [4.69, 9.17) is 9.52 Å². The molecule has 3 N–H and O–H groups in total. The van der Waals surface area contributed by atoms with Crippen molar-refractivity contribution in [2.24, 2.45) is 5.92 Å². The number of nitrogens with one attached hydrogen (secondary N) is 1. The number of aliphatic hydroxyl groups is 1. The van der Waals surface area contributed by atoms with Gasteiger partial charge in [0.05, 0.1) is 5.60 Å². The van der Waals surface area contributed by atoms with Gasteiger partial charge in [0, 0.05) is 12.6 Å². The average Bonchev–Trinajstić information content (AvgIpc) is 2.75. The lowest BCUT2D eigenvalue weighted by Crippen LogP contribution is -2.41. The smallest absolute Gasteiger partial charge is 0.371 e. The monoisotopic (exact) mass is 253 g/mol. The van der Waals surface area contributed by atoms with Gasteiger partial charge in [0.2, 0.25) is 5.76 Å². The van der Waals surface area contributed by atoms with Gasteiger partial charge < -0.3 is 19.9 Å². The number of hydrogen-bond acceptors (Lipinski definition) is 4. The van der Waals surface area contributed by atoms with E-state index in [1.54, 1.807) is 6.07 Å². The molecule has 0 saturated heterocycles. The molecule has 2 atom stereocenters. The maximum atomic E-state index is 10.7. The summed E-state index contributed by atoms with van der Waals surface area (Å²) in [6.45, 7) is 2.53. The Labute approximate surface area is 106 Å². The molecule has 1 aromatic rings. The van der Waals surface area contributed by atoms with Gasteiger partial charge in [-0.1, -0.05) is 19.8 Å². The lowest BCUT2D eigenvalue weighted by molar-refractivity contribution is -0.00108. The first kappa shape index (κ1) is 13.0. The minimum atomic E-state index is -1.09. The largest absolute Gasteiger partial charge is 0.475 e. The van der Waals surface area contributed by atoms with E-state index >= 15 is 0 Å². The molecule has 0 aliphatic heterocycles. The summed E-state index contributed by atoms with van der Waals surface area (Å²) >= 11 is 0. The van der Waals surface area contributed by atoms with Gasteiger partial charge in [-0.2, -0.15) is 0 Å². The number of rotatable bonds is 4. The lowest BCUT2D eigenvalue weighted by atomic mass is 9.79. The highest BCUT2D eigenvalue weighted by molar-refractivity contribution is 5.84. The minimum absolute atomic E-state index is 0.0958. The molecule has 0 bridgehead atoms. The molecule has 2 rings (SSSR count). The highest BCUT2D eigenvalue weighted by Gasteiger charge is 2.32. The average molecular weight is 253 g/mol. The molecule has 1 heterocycles. The first-order chi connectivity index (χ1) is 8.48. The van der Waals surface area contributed by atoms with E-state index in [0.717, 1.165) is 25.7 Å². The van der Waals surface area contributed by atoms with Crippen molar-refractivity contribution in [1.29, 1.82) is 0 Å². The fraction of sp³-hybridized carbons (Fsp3) is 0.615. The second-order valence-corrected chi connectivity index (χ2v) is 5.25. The molecule has 1 saturated carbocycles. The predicted octanol–water partition coefficient (Wildman–Crippen LogP) is 2.33. The zero-order valence-corrected chi connectivity index (χ0v) is 10.5. The van der Waals surface area contributed by atoms with Crippen molar-refractivity contribution in [2.45, 2.75) is 38.2 Å². The molecule has 100 valence electrons. The van der Waals surface area contributed by atoms with Crippen LogP contribution in [0.25, 0.3) is 0 Å². The quantitative estimate of drug-likeness (QED) is 0.767. The van der Waals surface area contributed by atoms with Crippen LogP contribution in [0.3, 0.4) is 0 Å². The maximum Gasteiger partial charge on any atom is 0.371 e. The third-order valence-electron chi connectivity index (χ3n) is 3.48. The molecule has 1 aliphatic carbocycles. The van der Waals surface area contributed by atoms with Crippen LogP contribution in [-0.4, -0.2) is 28.3 Å². The summed E-state index contributed by atoms with van der Waals surface area (Å²) < 4.78 is 5.09. The summed E-state index contributed by atoms with van der Waals surface area (Å²) in [6.07, 6.45) is 3.73. The van der Waals surface area contributed by atoms with Crippen molar-refractivity contribution in [1.82, 2.24) is 0 Å².